The molecule has 8 nitrogen and oxygen atoms in total. The van der Waals surface area contributed by atoms with Crippen LogP contribution in [0.5, 0.6) is 17.2 Å². The van der Waals surface area contributed by atoms with Crippen LogP contribution in [0.1, 0.15) is 146 Å². The summed E-state index contributed by atoms with van der Waals surface area (Å²) in [7, 11) is 0. The number of esters is 1. The summed E-state index contributed by atoms with van der Waals surface area (Å²) in [6.45, 7) is 22.2. The van der Waals surface area contributed by atoms with Crippen LogP contribution in [-0.4, -0.2) is 41.5 Å². The summed E-state index contributed by atoms with van der Waals surface area (Å²) in [5.41, 5.74) is 4.65. The van der Waals surface area contributed by atoms with E-state index >= 15 is 0 Å². The van der Waals surface area contributed by atoms with Gasteiger partial charge in [-0.25, -0.2) is 0 Å². The van der Waals surface area contributed by atoms with E-state index in [-0.39, 0.29) is 47.4 Å². The molecule has 0 aliphatic carbocycles. The number of nitrogens with zero attached hydrogens (tertiary/aromatic N) is 1. The Bertz CT molecular complexity index is 1870. The number of nitriles is 1. The summed E-state index contributed by atoms with van der Waals surface area (Å²) in [6, 6.07) is 35.4. The van der Waals surface area contributed by atoms with Gasteiger partial charge in [0.15, 0.2) is 12.6 Å². The fraction of sp³-hybridized carbons (Fsp3) is 0.469. The predicted octanol–water partition coefficient (Wildman–Crippen LogP) is 11.5. The van der Waals surface area contributed by atoms with E-state index in [0.717, 1.165) is 39.3 Å². The molecule has 4 aromatic rings. The third-order valence-corrected chi connectivity index (χ3v) is 10.0. The Morgan fingerprint density at radius 2 is 1.09 bits per heavy atom. The van der Waals surface area contributed by atoms with Crippen molar-refractivity contribution in [1.29, 1.82) is 5.26 Å². The van der Waals surface area contributed by atoms with E-state index in [1.54, 1.807) is 0 Å². The molecule has 4 rings (SSSR count). The van der Waals surface area contributed by atoms with Gasteiger partial charge in [-0.3, -0.25) is 4.79 Å². The summed E-state index contributed by atoms with van der Waals surface area (Å²) >= 11 is 0. The zero-order valence-electron chi connectivity index (χ0n) is 35.7. The number of rotatable bonds is 18. The largest absolute Gasteiger partial charge is 0.488 e. The van der Waals surface area contributed by atoms with E-state index in [2.05, 4.69) is 68.4 Å². The average molecular weight is 778 g/mol. The lowest BCUT2D eigenvalue weighted by Crippen LogP contribution is -2.27. The van der Waals surface area contributed by atoms with Crippen LogP contribution < -0.4 is 14.2 Å². The van der Waals surface area contributed by atoms with Crippen LogP contribution in [0.3, 0.4) is 0 Å². The van der Waals surface area contributed by atoms with Gasteiger partial charge in [0.25, 0.3) is 0 Å². The molecule has 4 aromatic carbocycles. The van der Waals surface area contributed by atoms with Gasteiger partial charge in [-0.15, -0.1) is 0 Å². The minimum Gasteiger partial charge on any atom is -0.488 e. The van der Waals surface area contributed by atoms with E-state index in [1.807, 2.05) is 104 Å². The molecule has 7 atom stereocenters. The number of carbonyl (C=O) groups excluding carboxylic acids is 1. The molecule has 0 aliphatic rings. The smallest absolute Gasteiger partial charge is 0.308 e. The third kappa shape index (κ3) is 13.7. The number of aliphatic hydroxyl groups excluding tert-OH is 1. The molecule has 0 heterocycles. The molecule has 0 fully saturated rings. The Labute approximate surface area is 341 Å². The minimum absolute atomic E-state index is 0.0201. The topological polar surface area (TPSA) is 107 Å². The Kier molecular flexibility index (Phi) is 15.9. The van der Waals surface area contributed by atoms with E-state index in [0.29, 0.717) is 25.2 Å². The second-order valence-corrected chi connectivity index (χ2v) is 16.9. The van der Waals surface area contributed by atoms with Crippen molar-refractivity contribution in [3.8, 4) is 23.3 Å². The van der Waals surface area contributed by atoms with Crippen LogP contribution in [-0.2, 0) is 14.3 Å². The Morgan fingerprint density at radius 1 is 0.649 bits per heavy atom. The van der Waals surface area contributed by atoms with Crippen LogP contribution in [0.2, 0.25) is 0 Å². The normalized spacial score (nSPS) is 15.6. The zero-order chi connectivity index (χ0) is 41.9. The maximum atomic E-state index is 11.7. The van der Waals surface area contributed by atoms with Crippen molar-refractivity contribution >= 4 is 5.97 Å². The van der Waals surface area contributed by atoms with E-state index in [1.165, 1.54) is 6.92 Å². The van der Waals surface area contributed by atoms with Gasteiger partial charge in [0.05, 0.1) is 17.6 Å². The highest BCUT2D eigenvalue weighted by Gasteiger charge is 2.35. The van der Waals surface area contributed by atoms with Gasteiger partial charge >= 0.3 is 5.97 Å². The molecule has 0 saturated heterocycles. The van der Waals surface area contributed by atoms with Gasteiger partial charge in [-0.2, -0.15) is 5.26 Å². The van der Waals surface area contributed by atoms with Crippen molar-refractivity contribution < 1.29 is 33.6 Å². The molecule has 0 aliphatic heterocycles. The van der Waals surface area contributed by atoms with Crippen molar-refractivity contribution in [2.45, 2.75) is 142 Å². The molecule has 57 heavy (non-hydrogen) atoms. The van der Waals surface area contributed by atoms with Crippen LogP contribution in [0.25, 0.3) is 0 Å². The monoisotopic (exact) mass is 777 g/mol. The Morgan fingerprint density at radius 3 is 1.53 bits per heavy atom. The first-order valence-electron chi connectivity index (χ1n) is 20.2. The summed E-state index contributed by atoms with van der Waals surface area (Å²) in [5, 5.41) is 20.6. The minimum atomic E-state index is -0.938. The van der Waals surface area contributed by atoms with E-state index < -0.39 is 11.9 Å². The molecular weight excluding hydrogens is 715 g/mol. The number of hydrogen-bond donors (Lipinski definition) is 1. The predicted molar refractivity (Wildman–Crippen MR) is 226 cm³/mol. The SMILES string of the molecule is CCOC(C)Oc1ccc(C(C(C)c2ccc(OC(C)=O)cc2)C(c2ccc(OC(C)(C)C)cc2)C(C)c2ccc(C(C#N)CCC(O)OC(C)(C)C)cc2)cc1. The van der Waals surface area contributed by atoms with Crippen molar-refractivity contribution in [2.75, 3.05) is 6.61 Å². The fourth-order valence-corrected chi connectivity index (χ4v) is 7.49. The highest BCUT2D eigenvalue weighted by molar-refractivity contribution is 5.69. The van der Waals surface area contributed by atoms with Gasteiger partial charge in [-0.1, -0.05) is 74.5 Å². The second-order valence-electron chi connectivity index (χ2n) is 16.9. The van der Waals surface area contributed by atoms with Gasteiger partial charge in [0.2, 0.25) is 0 Å². The van der Waals surface area contributed by atoms with Crippen LogP contribution >= 0.6 is 0 Å². The molecular formula is C49H63NO7. The van der Waals surface area contributed by atoms with Crippen LogP contribution in [0.15, 0.2) is 97.1 Å². The second kappa shape index (κ2) is 20.1. The van der Waals surface area contributed by atoms with Gasteiger partial charge in [-0.05, 0) is 156 Å². The zero-order valence-corrected chi connectivity index (χ0v) is 35.7. The lowest BCUT2D eigenvalue weighted by atomic mass is 9.66. The molecule has 306 valence electrons. The molecule has 0 radical (unpaired) electrons. The van der Waals surface area contributed by atoms with Crippen molar-refractivity contribution in [2.24, 2.45) is 0 Å². The van der Waals surface area contributed by atoms with Gasteiger partial charge in [0.1, 0.15) is 22.8 Å². The number of hydrogen-bond acceptors (Lipinski definition) is 8. The molecule has 7 unspecified atom stereocenters. The molecule has 0 amide bonds. The quantitative estimate of drug-likeness (QED) is 0.0604. The first-order chi connectivity index (χ1) is 26.9. The Hall–Kier alpha value is -4.68. The molecule has 0 bridgehead atoms. The molecule has 0 aromatic heterocycles. The lowest BCUT2D eigenvalue weighted by molar-refractivity contribution is -0.168. The first kappa shape index (κ1) is 45.0. The average Bonchev–Trinajstić information content (AvgIpc) is 3.13. The maximum absolute atomic E-state index is 11.7. The van der Waals surface area contributed by atoms with Crippen LogP contribution in [0, 0.1) is 11.3 Å². The molecule has 8 heteroatoms. The number of carbonyl (C=O) groups is 1. The standard InChI is InChI=1S/C49H63NO7/c1-12-53-35(5)55-43-26-19-39(20-27-43)47(33(3)37-17-24-42(25-18-37)54-34(4)51)46(40-21-28-44(29-22-40)56-48(6,7)8)32(2)36-13-15-38(16-14-36)41(31-50)23-30-45(52)57-49(9,10)11/h13-22,24-29,32-33,35,41,45-47,52H,12,23,30H2,1-11H3. The number of benzene rings is 4. The summed E-state index contributed by atoms with van der Waals surface area (Å²) in [5.74, 6) is 1.30. The lowest BCUT2D eigenvalue weighted by Gasteiger charge is -2.37. The van der Waals surface area contributed by atoms with E-state index in [9.17, 15) is 15.2 Å². The molecule has 1 N–H and O–H groups in total. The molecule has 0 spiro atoms. The van der Waals surface area contributed by atoms with Crippen molar-refractivity contribution in [3.63, 3.8) is 0 Å². The number of ether oxygens (including phenoxy) is 5. The third-order valence-electron chi connectivity index (χ3n) is 10.0. The highest BCUT2D eigenvalue weighted by atomic mass is 16.7. The molecule has 0 saturated carbocycles. The van der Waals surface area contributed by atoms with Gasteiger partial charge in [0, 0.05) is 13.5 Å². The van der Waals surface area contributed by atoms with Crippen LogP contribution in [0.4, 0.5) is 0 Å². The van der Waals surface area contributed by atoms with Crippen molar-refractivity contribution in [1.82, 2.24) is 0 Å². The fourth-order valence-electron chi connectivity index (χ4n) is 7.49. The number of aliphatic hydroxyl groups is 1. The van der Waals surface area contributed by atoms with Gasteiger partial charge < -0.3 is 28.8 Å². The van der Waals surface area contributed by atoms with Crippen molar-refractivity contribution in [3.05, 3.63) is 125 Å². The summed E-state index contributed by atoms with van der Waals surface area (Å²) in [4.78, 5) is 11.7. The summed E-state index contributed by atoms with van der Waals surface area (Å²) in [6.07, 6.45) is -0.474. The summed E-state index contributed by atoms with van der Waals surface area (Å²) < 4.78 is 29.0. The maximum Gasteiger partial charge on any atom is 0.308 e. The first-order valence-corrected chi connectivity index (χ1v) is 20.2. The Balaban J connectivity index is 1.79. The van der Waals surface area contributed by atoms with E-state index in [4.69, 9.17) is 23.7 Å². The highest BCUT2D eigenvalue weighted by Crippen LogP contribution is 2.50.